The quantitative estimate of drug-likeness (QED) is 0.808. The highest BCUT2D eigenvalue weighted by molar-refractivity contribution is 5.89. The van der Waals surface area contributed by atoms with Crippen LogP contribution in [0.4, 0.5) is 0 Å². The van der Waals surface area contributed by atoms with E-state index in [4.69, 9.17) is 9.47 Å². The van der Waals surface area contributed by atoms with Crippen molar-refractivity contribution in [2.24, 2.45) is 5.92 Å². The van der Waals surface area contributed by atoms with Gasteiger partial charge in [0.05, 0.1) is 25.8 Å². The lowest BCUT2D eigenvalue weighted by Crippen LogP contribution is -3.16. The maximum absolute atomic E-state index is 12.1. The Balaban J connectivity index is 1.64. The van der Waals surface area contributed by atoms with E-state index in [1.807, 2.05) is 0 Å². The van der Waals surface area contributed by atoms with Crippen molar-refractivity contribution in [1.82, 2.24) is 0 Å². The summed E-state index contributed by atoms with van der Waals surface area (Å²) in [6, 6.07) is 7.10. The van der Waals surface area contributed by atoms with Gasteiger partial charge in [0.25, 0.3) is 0 Å². The van der Waals surface area contributed by atoms with Gasteiger partial charge in [0.2, 0.25) is 0 Å². The van der Waals surface area contributed by atoms with Gasteiger partial charge in [-0.15, -0.1) is 0 Å². The van der Waals surface area contributed by atoms with E-state index in [0.717, 1.165) is 12.3 Å². The monoisotopic (exact) mass is 262 g/mol. The molecule has 0 spiro atoms. The first-order valence-electron chi connectivity index (χ1n) is 6.95. The minimum absolute atomic E-state index is 0.104. The molecule has 0 aromatic heterocycles. The number of piperidine rings is 3. The topological polar surface area (TPSA) is 40.0 Å². The molecule has 0 saturated carbocycles. The van der Waals surface area contributed by atoms with Crippen LogP contribution in [0.2, 0.25) is 0 Å². The van der Waals surface area contributed by atoms with Crippen LogP contribution < -0.4 is 9.64 Å². The molecule has 2 bridgehead atoms. The maximum atomic E-state index is 12.1. The molecule has 1 aromatic carbocycles. The van der Waals surface area contributed by atoms with Gasteiger partial charge < -0.3 is 14.4 Å². The summed E-state index contributed by atoms with van der Waals surface area (Å²) in [5.41, 5.74) is 0.604. The van der Waals surface area contributed by atoms with Gasteiger partial charge in [0.1, 0.15) is 12.3 Å². The highest BCUT2D eigenvalue weighted by atomic mass is 16.5. The Morgan fingerprint density at radius 1 is 1.21 bits per heavy atom. The van der Waals surface area contributed by atoms with Crippen molar-refractivity contribution < 1.29 is 19.2 Å². The highest BCUT2D eigenvalue weighted by Gasteiger charge is 2.39. The van der Waals surface area contributed by atoms with Crippen molar-refractivity contribution >= 4 is 5.97 Å². The van der Waals surface area contributed by atoms with E-state index >= 15 is 0 Å². The number of hydrogen-bond donors (Lipinski definition) is 1. The summed E-state index contributed by atoms with van der Waals surface area (Å²) in [7, 11) is 1.61. The van der Waals surface area contributed by atoms with E-state index in [-0.39, 0.29) is 12.1 Å². The molecule has 0 amide bonds. The van der Waals surface area contributed by atoms with Crippen LogP contribution in [-0.4, -0.2) is 38.8 Å². The molecule has 4 rings (SSSR count). The first-order chi connectivity index (χ1) is 9.26. The number of esters is 1. The summed E-state index contributed by atoms with van der Waals surface area (Å²) >= 11 is 0. The van der Waals surface area contributed by atoms with Gasteiger partial charge in [-0.3, -0.25) is 0 Å². The second-order valence-corrected chi connectivity index (χ2v) is 5.46. The number of rotatable bonds is 3. The lowest BCUT2D eigenvalue weighted by molar-refractivity contribution is -0.920. The Kier molecular flexibility index (Phi) is 3.42. The molecule has 3 fully saturated rings. The molecule has 19 heavy (non-hydrogen) atoms. The van der Waals surface area contributed by atoms with Gasteiger partial charge in [-0.2, -0.15) is 0 Å². The predicted octanol–water partition coefficient (Wildman–Crippen LogP) is 0.529. The molecular formula is C15H20NO3+. The van der Waals surface area contributed by atoms with Crippen LogP contribution in [-0.2, 0) is 4.74 Å². The molecular weight excluding hydrogens is 242 g/mol. The lowest BCUT2D eigenvalue weighted by atomic mass is 9.86. The third kappa shape index (κ3) is 2.59. The lowest BCUT2D eigenvalue weighted by Gasteiger charge is -2.41. The summed E-state index contributed by atoms with van der Waals surface area (Å²) in [5, 5.41) is 0. The number of carbonyl (C=O) groups is 1. The van der Waals surface area contributed by atoms with Gasteiger partial charge in [-0.05, 0) is 24.3 Å². The van der Waals surface area contributed by atoms with Crippen molar-refractivity contribution in [1.29, 1.82) is 0 Å². The molecule has 1 N–H and O–H groups in total. The number of quaternary nitrogens is 1. The van der Waals surface area contributed by atoms with Gasteiger partial charge in [0.15, 0.2) is 6.10 Å². The SMILES string of the molecule is COc1ccc(C(=O)O[C@H]2C[NH+]3CCC2CC3)cc1. The molecule has 0 aliphatic carbocycles. The molecule has 3 aliphatic rings. The number of nitrogens with one attached hydrogen (secondary N) is 1. The van der Waals surface area contributed by atoms with Crippen LogP contribution in [0.25, 0.3) is 0 Å². The van der Waals surface area contributed by atoms with E-state index in [9.17, 15) is 4.79 Å². The number of hydrogen-bond acceptors (Lipinski definition) is 3. The average molecular weight is 262 g/mol. The Morgan fingerprint density at radius 2 is 1.89 bits per heavy atom. The van der Waals surface area contributed by atoms with Crippen molar-refractivity contribution in [2.45, 2.75) is 18.9 Å². The minimum Gasteiger partial charge on any atom is -0.497 e. The number of methoxy groups -OCH3 is 1. The van der Waals surface area contributed by atoms with E-state index in [0.29, 0.717) is 11.5 Å². The molecule has 3 saturated heterocycles. The minimum atomic E-state index is -0.208. The summed E-state index contributed by atoms with van der Waals surface area (Å²) in [5.74, 6) is 1.12. The highest BCUT2D eigenvalue weighted by Crippen LogP contribution is 2.22. The van der Waals surface area contributed by atoms with Crippen LogP contribution in [0.15, 0.2) is 24.3 Å². The zero-order valence-electron chi connectivity index (χ0n) is 11.2. The summed E-state index contributed by atoms with van der Waals surface area (Å²) in [4.78, 5) is 13.7. The Hall–Kier alpha value is -1.55. The van der Waals surface area contributed by atoms with E-state index in [1.54, 1.807) is 36.3 Å². The molecule has 0 radical (unpaired) electrons. The fraction of sp³-hybridized carbons (Fsp3) is 0.533. The molecule has 3 heterocycles. The first-order valence-corrected chi connectivity index (χ1v) is 6.95. The third-order valence-corrected chi connectivity index (χ3v) is 4.34. The van der Waals surface area contributed by atoms with Crippen LogP contribution in [0.5, 0.6) is 5.75 Å². The molecule has 1 atom stereocenters. The number of fused-ring (bicyclic) bond motifs is 3. The second-order valence-electron chi connectivity index (χ2n) is 5.46. The van der Waals surface area contributed by atoms with E-state index in [1.165, 1.54) is 25.9 Å². The standard InChI is InChI=1S/C15H19NO3/c1-18-13-4-2-12(3-5-13)15(17)19-14-10-16-8-6-11(14)7-9-16/h2-5,11,14H,6-10H2,1H3/p+1/t14-/m0/s1. The number of ether oxygens (including phenoxy) is 2. The molecule has 0 unspecified atom stereocenters. The van der Waals surface area contributed by atoms with Crippen LogP contribution in [0.1, 0.15) is 23.2 Å². The van der Waals surface area contributed by atoms with Crippen molar-refractivity contribution in [3.63, 3.8) is 0 Å². The molecule has 4 nitrogen and oxygen atoms in total. The van der Waals surface area contributed by atoms with Crippen molar-refractivity contribution in [2.75, 3.05) is 26.7 Å². The van der Waals surface area contributed by atoms with Gasteiger partial charge >= 0.3 is 5.97 Å². The molecule has 3 aliphatic heterocycles. The molecule has 4 heteroatoms. The Labute approximate surface area is 113 Å². The van der Waals surface area contributed by atoms with Crippen LogP contribution in [0.3, 0.4) is 0 Å². The first kappa shape index (κ1) is 12.5. The largest absolute Gasteiger partial charge is 0.497 e. The summed E-state index contributed by atoms with van der Waals surface area (Å²) < 4.78 is 10.8. The average Bonchev–Trinajstić information content (AvgIpc) is 2.48. The number of benzene rings is 1. The molecule has 1 aromatic rings. The normalized spacial score (nSPS) is 29.0. The fourth-order valence-electron chi connectivity index (χ4n) is 3.15. The van der Waals surface area contributed by atoms with E-state index < -0.39 is 0 Å². The zero-order valence-corrected chi connectivity index (χ0v) is 11.2. The van der Waals surface area contributed by atoms with Gasteiger partial charge in [-0.1, -0.05) is 0 Å². The second kappa shape index (κ2) is 5.21. The zero-order chi connectivity index (χ0) is 13.2. The van der Waals surface area contributed by atoms with Gasteiger partial charge in [-0.25, -0.2) is 4.79 Å². The van der Waals surface area contributed by atoms with Gasteiger partial charge in [0, 0.05) is 18.8 Å². The summed E-state index contributed by atoms with van der Waals surface area (Å²) in [6.45, 7) is 3.45. The smallest absolute Gasteiger partial charge is 0.338 e. The number of carbonyl (C=O) groups excluding carboxylic acids is 1. The van der Waals surface area contributed by atoms with Crippen molar-refractivity contribution in [3.8, 4) is 5.75 Å². The van der Waals surface area contributed by atoms with Crippen LogP contribution in [0, 0.1) is 5.92 Å². The summed E-state index contributed by atoms with van der Waals surface area (Å²) in [6.07, 6.45) is 2.48. The fourth-order valence-corrected chi connectivity index (χ4v) is 3.15. The predicted molar refractivity (Wildman–Crippen MR) is 70.5 cm³/mol. The Morgan fingerprint density at radius 3 is 2.42 bits per heavy atom. The maximum Gasteiger partial charge on any atom is 0.338 e. The third-order valence-electron chi connectivity index (χ3n) is 4.34. The van der Waals surface area contributed by atoms with Crippen LogP contribution >= 0.6 is 0 Å². The van der Waals surface area contributed by atoms with Crippen molar-refractivity contribution in [3.05, 3.63) is 29.8 Å². The molecule has 102 valence electrons. The van der Waals surface area contributed by atoms with E-state index in [2.05, 4.69) is 0 Å². The Bertz CT molecular complexity index is 449.